The Morgan fingerprint density at radius 1 is 1.10 bits per heavy atom. The molecule has 0 bridgehead atoms. The third-order valence-corrected chi connectivity index (χ3v) is 3.44. The second-order valence-corrected chi connectivity index (χ2v) is 5.18. The number of ether oxygens (including phenoxy) is 1. The molecule has 0 amide bonds. The Morgan fingerprint density at radius 2 is 1.80 bits per heavy atom. The Balaban J connectivity index is 2.51. The van der Waals surface area contributed by atoms with Gasteiger partial charge in [-0.15, -0.1) is 0 Å². The Labute approximate surface area is 123 Å². The highest BCUT2D eigenvalue weighted by molar-refractivity contribution is 5.28. The van der Waals surface area contributed by atoms with Crippen molar-refractivity contribution in [2.24, 2.45) is 0 Å². The molecule has 0 aliphatic heterocycles. The van der Waals surface area contributed by atoms with Crippen molar-refractivity contribution in [1.29, 1.82) is 0 Å². The standard InChI is InChI=1S/C17H29NO2/c1-4-7-12-18(6-3)14-17(19)15-8-10-16(11-9-15)20-13-5-2/h8-11,17,19H,4-7,12-14H2,1-3H3. The fourth-order valence-corrected chi connectivity index (χ4v) is 2.12. The molecule has 0 aliphatic carbocycles. The summed E-state index contributed by atoms with van der Waals surface area (Å²) in [6.07, 6.45) is 2.96. The smallest absolute Gasteiger partial charge is 0.119 e. The predicted molar refractivity (Wildman–Crippen MR) is 84.2 cm³/mol. The van der Waals surface area contributed by atoms with Gasteiger partial charge in [0, 0.05) is 6.54 Å². The van der Waals surface area contributed by atoms with Gasteiger partial charge in [0.05, 0.1) is 12.7 Å². The van der Waals surface area contributed by atoms with Gasteiger partial charge in [0.25, 0.3) is 0 Å². The molecule has 3 nitrogen and oxygen atoms in total. The molecule has 0 spiro atoms. The van der Waals surface area contributed by atoms with Crippen molar-refractivity contribution in [1.82, 2.24) is 4.90 Å². The second kappa shape index (κ2) is 9.78. The maximum absolute atomic E-state index is 10.3. The summed E-state index contributed by atoms with van der Waals surface area (Å²) < 4.78 is 5.55. The van der Waals surface area contributed by atoms with Crippen molar-refractivity contribution in [3.8, 4) is 5.75 Å². The fourth-order valence-electron chi connectivity index (χ4n) is 2.12. The highest BCUT2D eigenvalue weighted by Gasteiger charge is 2.12. The summed E-state index contributed by atoms with van der Waals surface area (Å²) in [4.78, 5) is 2.30. The average Bonchev–Trinajstić information content (AvgIpc) is 2.49. The van der Waals surface area contributed by atoms with Gasteiger partial charge in [-0.3, -0.25) is 0 Å². The summed E-state index contributed by atoms with van der Waals surface area (Å²) in [6, 6.07) is 7.81. The maximum atomic E-state index is 10.3. The van der Waals surface area contributed by atoms with E-state index in [4.69, 9.17) is 4.74 Å². The number of hydrogen-bond acceptors (Lipinski definition) is 3. The average molecular weight is 279 g/mol. The molecule has 0 heterocycles. The number of aliphatic hydroxyl groups is 1. The molecule has 1 atom stereocenters. The summed E-state index contributed by atoms with van der Waals surface area (Å²) in [5.74, 6) is 0.876. The number of unbranched alkanes of at least 4 members (excludes halogenated alkanes) is 1. The van der Waals surface area contributed by atoms with E-state index >= 15 is 0 Å². The molecule has 0 aliphatic rings. The third-order valence-electron chi connectivity index (χ3n) is 3.44. The van der Waals surface area contributed by atoms with E-state index in [0.717, 1.165) is 37.4 Å². The fraction of sp³-hybridized carbons (Fsp3) is 0.647. The van der Waals surface area contributed by atoms with Crippen molar-refractivity contribution in [2.45, 2.75) is 46.1 Å². The maximum Gasteiger partial charge on any atom is 0.119 e. The van der Waals surface area contributed by atoms with Gasteiger partial charge in [-0.25, -0.2) is 0 Å². The van der Waals surface area contributed by atoms with E-state index in [1.54, 1.807) is 0 Å². The zero-order valence-corrected chi connectivity index (χ0v) is 13.1. The van der Waals surface area contributed by atoms with Crippen LogP contribution in [0.3, 0.4) is 0 Å². The molecular weight excluding hydrogens is 250 g/mol. The van der Waals surface area contributed by atoms with Gasteiger partial charge in [0.15, 0.2) is 0 Å². The molecule has 1 aromatic carbocycles. The van der Waals surface area contributed by atoms with E-state index < -0.39 is 6.10 Å². The van der Waals surface area contributed by atoms with Crippen molar-refractivity contribution < 1.29 is 9.84 Å². The normalized spacial score (nSPS) is 12.7. The first-order chi connectivity index (χ1) is 9.71. The number of hydrogen-bond donors (Lipinski definition) is 1. The van der Waals surface area contributed by atoms with Crippen LogP contribution in [0.4, 0.5) is 0 Å². The van der Waals surface area contributed by atoms with Crippen LogP contribution in [-0.4, -0.2) is 36.2 Å². The van der Waals surface area contributed by atoms with Gasteiger partial charge in [-0.1, -0.05) is 39.3 Å². The van der Waals surface area contributed by atoms with Gasteiger partial charge in [0.2, 0.25) is 0 Å². The second-order valence-electron chi connectivity index (χ2n) is 5.18. The molecular formula is C17H29NO2. The van der Waals surface area contributed by atoms with Crippen LogP contribution in [0.2, 0.25) is 0 Å². The highest BCUT2D eigenvalue weighted by Crippen LogP contribution is 2.19. The molecule has 0 saturated carbocycles. The predicted octanol–water partition coefficient (Wildman–Crippen LogP) is 3.63. The van der Waals surface area contributed by atoms with Gasteiger partial charge in [-0.2, -0.15) is 0 Å². The molecule has 3 heteroatoms. The van der Waals surface area contributed by atoms with Gasteiger partial charge < -0.3 is 14.7 Å². The van der Waals surface area contributed by atoms with Crippen LogP contribution in [0.15, 0.2) is 24.3 Å². The van der Waals surface area contributed by atoms with Gasteiger partial charge in [0.1, 0.15) is 5.75 Å². The van der Waals surface area contributed by atoms with Crippen LogP contribution >= 0.6 is 0 Å². The van der Waals surface area contributed by atoms with Crippen molar-refractivity contribution in [3.63, 3.8) is 0 Å². The summed E-state index contributed by atoms with van der Waals surface area (Å²) in [6.45, 7) is 9.90. The molecule has 1 unspecified atom stereocenters. The lowest BCUT2D eigenvalue weighted by Gasteiger charge is -2.23. The molecule has 1 rings (SSSR count). The summed E-state index contributed by atoms with van der Waals surface area (Å²) in [7, 11) is 0. The SMILES string of the molecule is CCCCN(CC)CC(O)c1ccc(OCCC)cc1. The largest absolute Gasteiger partial charge is 0.494 e. The van der Waals surface area contributed by atoms with Crippen LogP contribution < -0.4 is 4.74 Å². The summed E-state index contributed by atoms with van der Waals surface area (Å²) >= 11 is 0. The zero-order valence-electron chi connectivity index (χ0n) is 13.1. The van der Waals surface area contributed by atoms with E-state index in [2.05, 4.69) is 25.7 Å². The Bertz CT molecular complexity index is 351. The minimum Gasteiger partial charge on any atom is -0.494 e. The quantitative estimate of drug-likeness (QED) is 0.710. The lowest BCUT2D eigenvalue weighted by Crippen LogP contribution is -2.29. The van der Waals surface area contributed by atoms with E-state index in [1.807, 2.05) is 24.3 Å². The first-order valence-electron chi connectivity index (χ1n) is 7.84. The third kappa shape index (κ3) is 5.93. The number of aliphatic hydroxyl groups excluding tert-OH is 1. The van der Waals surface area contributed by atoms with Crippen LogP contribution in [0.1, 0.15) is 51.7 Å². The molecule has 0 aromatic heterocycles. The van der Waals surface area contributed by atoms with Gasteiger partial charge in [-0.05, 0) is 43.6 Å². The zero-order chi connectivity index (χ0) is 14.8. The van der Waals surface area contributed by atoms with Crippen LogP contribution in [0, 0.1) is 0 Å². The highest BCUT2D eigenvalue weighted by atomic mass is 16.5. The van der Waals surface area contributed by atoms with Crippen molar-refractivity contribution in [2.75, 3.05) is 26.2 Å². The number of benzene rings is 1. The molecule has 20 heavy (non-hydrogen) atoms. The molecule has 1 aromatic rings. The topological polar surface area (TPSA) is 32.7 Å². The molecule has 0 fully saturated rings. The molecule has 114 valence electrons. The van der Waals surface area contributed by atoms with E-state index in [0.29, 0.717) is 6.54 Å². The summed E-state index contributed by atoms with van der Waals surface area (Å²) in [5, 5.41) is 10.3. The lowest BCUT2D eigenvalue weighted by atomic mass is 10.1. The van der Waals surface area contributed by atoms with Crippen LogP contribution in [0.25, 0.3) is 0 Å². The molecule has 0 radical (unpaired) electrons. The molecule has 1 N–H and O–H groups in total. The number of likely N-dealkylation sites (N-methyl/N-ethyl adjacent to an activating group) is 1. The lowest BCUT2D eigenvalue weighted by molar-refractivity contribution is 0.115. The first kappa shape index (κ1) is 17.0. The van der Waals surface area contributed by atoms with E-state index in [9.17, 15) is 5.11 Å². The van der Waals surface area contributed by atoms with Crippen LogP contribution in [-0.2, 0) is 0 Å². The van der Waals surface area contributed by atoms with E-state index in [1.165, 1.54) is 12.8 Å². The molecule has 0 saturated heterocycles. The Kier molecular flexibility index (Phi) is 8.31. The summed E-state index contributed by atoms with van der Waals surface area (Å²) in [5.41, 5.74) is 0.962. The first-order valence-corrected chi connectivity index (χ1v) is 7.84. The van der Waals surface area contributed by atoms with Crippen molar-refractivity contribution >= 4 is 0 Å². The van der Waals surface area contributed by atoms with Crippen molar-refractivity contribution in [3.05, 3.63) is 29.8 Å². The number of nitrogens with zero attached hydrogens (tertiary/aromatic N) is 1. The minimum absolute atomic E-state index is 0.424. The number of rotatable bonds is 10. The monoisotopic (exact) mass is 279 g/mol. The van der Waals surface area contributed by atoms with Gasteiger partial charge >= 0.3 is 0 Å². The van der Waals surface area contributed by atoms with E-state index in [-0.39, 0.29) is 0 Å². The Morgan fingerprint density at radius 3 is 2.35 bits per heavy atom. The van der Waals surface area contributed by atoms with Crippen LogP contribution in [0.5, 0.6) is 5.75 Å². The Hall–Kier alpha value is -1.06. The minimum atomic E-state index is -0.424.